The molecular formula is C27H35BrN2O3. The van der Waals surface area contributed by atoms with Gasteiger partial charge in [0, 0.05) is 18.7 Å². The molecule has 2 aromatic rings. The number of nitrogens with zero attached hydrogens (tertiary/aromatic N) is 1. The summed E-state index contributed by atoms with van der Waals surface area (Å²) in [6.07, 6.45) is 10.2. The lowest BCUT2D eigenvalue weighted by Crippen LogP contribution is -2.38. The summed E-state index contributed by atoms with van der Waals surface area (Å²) >= 11 is 3.52. The number of unbranched alkanes of at least 4 members (excludes halogenated alkanes) is 3. The van der Waals surface area contributed by atoms with Crippen molar-refractivity contribution < 1.29 is 14.3 Å². The highest BCUT2D eigenvalue weighted by Crippen LogP contribution is 2.28. The maximum absolute atomic E-state index is 13.2. The number of carbonyl (C=O) groups excluding carboxylic acids is 2. The van der Waals surface area contributed by atoms with Crippen LogP contribution in [0.25, 0.3) is 0 Å². The van der Waals surface area contributed by atoms with Crippen molar-refractivity contribution in [1.82, 2.24) is 4.90 Å². The number of carbonyl (C=O) groups is 2. The van der Waals surface area contributed by atoms with E-state index in [1.165, 1.54) is 19.3 Å². The van der Waals surface area contributed by atoms with E-state index in [9.17, 15) is 9.59 Å². The highest BCUT2D eigenvalue weighted by Gasteiger charge is 2.25. The lowest BCUT2D eigenvalue weighted by molar-refractivity contribution is 0.0697. The Kier molecular flexibility index (Phi) is 9.79. The fourth-order valence-electron chi connectivity index (χ4n) is 4.27. The van der Waals surface area contributed by atoms with Crippen LogP contribution in [0, 0.1) is 0 Å². The fraction of sp³-hybridized carbons (Fsp3) is 0.481. The average molecular weight is 515 g/mol. The molecule has 178 valence electrons. The number of ether oxygens (including phenoxy) is 1. The molecule has 1 aliphatic rings. The fourth-order valence-corrected chi connectivity index (χ4v) is 4.76. The van der Waals surface area contributed by atoms with Crippen LogP contribution in [0.2, 0.25) is 0 Å². The second kappa shape index (κ2) is 12.8. The minimum atomic E-state index is -0.259. The summed E-state index contributed by atoms with van der Waals surface area (Å²) < 4.78 is 6.58. The number of rotatable bonds is 10. The van der Waals surface area contributed by atoms with Crippen LogP contribution in [0.3, 0.4) is 0 Å². The second-order valence-corrected chi connectivity index (χ2v) is 9.62. The maximum atomic E-state index is 13.2. The first kappa shape index (κ1) is 25.3. The van der Waals surface area contributed by atoms with Crippen LogP contribution in [-0.2, 0) is 0 Å². The molecule has 5 nitrogen and oxygen atoms in total. The molecule has 1 saturated carbocycles. The standard InChI is InChI=1S/C27H35BrN2O3/c1-3-4-5-11-18-33-25-17-16-20(19-23(25)28)26(31)29-24-15-10-9-14-22(24)27(32)30(2)21-12-7-6-8-13-21/h9-10,14-17,19,21H,3-8,11-13,18H2,1-2H3,(H,29,31). The normalized spacial score (nSPS) is 14.0. The van der Waals surface area contributed by atoms with Gasteiger partial charge in [-0.25, -0.2) is 0 Å². The first-order chi connectivity index (χ1) is 16.0. The summed E-state index contributed by atoms with van der Waals surface area (Å²) in [4.78, 5) is 28.0. The van der Waals surface area contributed by atoms with Crippen LogP contribution in [0.15, 0.2) is 46.9 Å². The highest BCUT2D eigenvalue weighted by atomic mass is 79.9. The van der Waals surface area contributed by atoms with Gasteiger partial charge in [-0.1, -0.05) is 57.6 Å². The van der Waals surface area contributed by atoms with Crippen LogP contribution < -0.4 is 10.1 Å². The van der Waals surface area contributed by atoms with Crippen molar-refractivity contribution in [2.75, 3.05) is 19.0 Å². The molecule has 0 saturated heterocycles. The van der Waals surface area contributed by atoms with Gasteiger partial charge in [0.1, 0.15) is 5.75 Å². The summed E-state index contributed by atoms with van der Waals surface area (Å²) in [6, 6.07) is 12.8. The molecule has 2 amide bonds. The summed E-state index contributed by atoms with van der Waals surface area (Å²) in [5.41, 5.74) is 1.55. The van der Waals surface area contributed by atoms with E-state index in [0.717, 1.165) is 48.7 Å². The molecule has 33 heavy (non-hydrogen) atoms. The molecule has 0 aromatic heterocycles. The van der Waals surface area contributed by atoms with Crippen LogP contribution in [0.4, 0.5) is 5.69 Å². The number of benzene rings is 2. The number of nitrogens with one attached hydrogen (secondary N) is 1. The third-order valence-electron chi connectivity index (χ3n) is 6.30. The van der Waals surface area contributed by atoms with E-state index in [1.807, 2.05) is 30.1 Å². The molecule has 1 N–H and O–H groups in total. The number of para-hydroxylation sites is 1. The van der Waals surface area contributed by atoms with Gasteiger partial charge in [0.25, 0.3) is 11.8 Å². The van der Waals surface area contributed by atoms with E-state index in [4.69, 9.17) is 4.74 Å². The lowest BCUT2D eigenvalue weighted by atomic mass is 9.94. The average Bonchev–Trinajstić information content (AvgIpc) is 2.84. The molecule has 0 bridgehead atoms. The lowest BCUT2D eigenvalue weighted by Gasteiger charge is -2.31. The van der Waals surface area contributed by atoms with Crippen LogP contribution in [-0.4, -0.2) is 36.4 Å². The molecule has 0 heterocycles. The molecule has 0 atom stereocenters. The van der Waals surface area contributed by atoms with E-state index < -0.39 is 0 Å². The Balaban J connectivity index is 1.65. The Hall–Kier alpha value is -2.34. The smallest absolute Gasteiger partial charge is 0.255 e. The van der Waals surface area contributed by atoms with E-state index in [2.05, 4.69) is 28.2 Å². The summed E-state index contributed by atoms with van der Waals surface area (Å²) in [6.45, 7) is 2.85. The SMILES string of the molecule is CCCCCCOc1ccc(C(=O)Nc2ccccc2C(=O)N(C)C2CCCCC2)cc1Br. The monoisotopic (exact) mass is 514 g/mol. The van der Waals surface area contributed by atoms with Gasteiger partial charge >= 0.3 is 0 Å². The third kappa shape index (κ3) is 7.07. The molecule has 1 fully saturated rings. The summed E-state index contributed by atoms with van der Waals surface area (Å²) in [7, 11) is 1.87. The number of hydrogen-bond acceptors (Lipinski definition) is 3. The van der Waals surface area contributed by atoms with Gasteiger partial charge in [0.15, 0.2) is 0 Å². The van der Waals surface area contributed by atoms with E-state index in [1.54, 1.807) is 24.3 Å². The van der Waals surface area contributed by atoms with Gasteiger partial charge in [-0.05, 0) is 65.5 Å². The number of hydrogen-bond donors (Lipinski definition) is 1. The predicted octanol–water partition coefficient (Wildman–Crippen LogP) is 7.07. The Morgan fingerprint density at radius 3 is 2.55 bits per heavy atom. The minimum absolute atomic E-state index is 0.0502. The summed E-state index contributed by atoms with van der Waals surface area (Å²) in [5.74, 6) is 0.421. The Labute approximate surface area is 206 Å². The molecule has 3 rings (SSSR count). The zero-order valence-electron chi connectivity index (χ0n) is 19.7. The van der Waals surface area contributed by atoms with E-state index in [0.29, 0.717) is 23.4 Å². The largest absolute Gasteiger partial charge is 0.492 e. The van der Waals surface area contributed by atoms with Gasteiger partial charge in [-0.2, -0.15) is 0 Å². The van der Waals surface area contributed by atoms with Gasteiger partial charge in [-0.15, -0.1) is 0 Å². The third-order valence-corrected chi connectivity index (χ3v) is 6.92. The van der Waals surface area contributed by atoms with Crippen molar-refractivity contribution in [1.29, 1.82) is 0 Å². The predicted molar refractivity (Wildman–Crippen MR) is 137 cm³/mol. The maximum Gasteiger partial charge on any atom is 0.255 e. The van der Waals surface area contributed by atoms with Gasteiger partial charge in [0.05, 0.1) is 22.3 Å². The number of amides is 2. The minimum Gasteiger partial charge on any atom is -0.492 e. The van der Waals surface area contributed by atoms with Crippen LogP contribution in [0.1, 0.15) is 85.4 Å². The molecule has 6 heteroatoms. The van der Waals surface area contributed by atoms with Crippen molar-refractivity contribution in [3.05, 3.63) is 58.1 Å². The highest BCUT2D eigenvalue weighted by molar-refractivity contribution is 9.10. The molecule has 0 spiro atoms. The quantitative estimate of drug-likeness (QED) is 0.345. The molecule has 1 aliphatic carbocycles. The van der Waals surface area contributed by atoms with Crippen molar-refractivity contribution >= 4 is 33.4 Å². The van der Waals surface area contributed by atoms with Gasteiger partial charge in [0.2, 0.25) is 0 Å². The molecule has 0 unspecified atom stereocenters. The second-order valence-electron chi connectivity index (χ2n) is 8.76. The molecule has 2 aromatic carbocycles. The molecular weight excluding hydrogens is 480 g/mol. The number of halogens is 1. The Morgan fingerprint density at radius 1 is 1.06 bits per heavy atom. The van der Waals surface area contributed by atoms with Crippen LogP contribution in [0.5, 0.6) is 5.75 Å². The van der Waals surface area contributed by atoms with Crippen molar-refractivity contribution in [2.45, 2.75) is 70.8 Å². The van der Waals surface area contributed by atoms with E-state index in [-0.39, 0.29) is 17.9 Å². The van der Waals surface area contributed by atoms with Crippen molar-refractivity contribution in [3.63, 3.8) is 0 Å². The van der Waals surface area contributed by atoms with E-state index >= 15 is 0 Å². The first-order valence-corrected chi connectivity index (χ1v) is 12.9. The van der Waals surface area contributed by atoms with Crippen molar-refractivity contribution in [3.8, 4) is 5.75 Å². The van der Waals surface area contributed by atoms with Crippen molar-refractivity contribution in [2.24, 2.45) is 0 Å². The zero-order valence-corrected chi connectivity index (χ0v) is 21.3. The van der Waals surface area contributed by atoms with Crippen LogP contribution >= 0.6 is 15.9 Å². The van der Waals surface area contributed by atoms with Gasteiger partial charge < -0.3 is 15.0 Å². The first-order valence-electron chi connectivity index (χ1n) is 12.1. The summed E-state index contributed by atoms with van der Waals surface area (Å²) in [5, 5.41) is 2.93. The Bertz CT molecular complexity index is 941. The Morgan fingerprint density at radius 2 is 1.82 bits per heavy atom. The number of anilines is 1. The van der Waals surface area contributed by atoms with Gasteiger partial charge in [-0.3, -0.25) is 9.59 Å². The topological polar surface area (TPSA) is 58.6 Å². The molecule has 0 aliphatic heterocycles. The zero-order chi connectivity index (χ0) is 23.6. The molecule has 0 radical (unpaired) electrons.